The van der Waals surface area contributed by atoms with Gasteiger partial charge in [-0.1, -0.05) is 30.3 Å². The lowest BCUT2D eigenvalue weighted by Gasteiger charge is -2.16. The van der Waals surface area contributed by atoms with Crippen molar-refractivity contribution < 1.29 is 19.1 Å². The minimum atomic E-state index is -0.670. The normalized spacial score (nSPS) is 11.7. The van der Waals surface area contributed by atoms with Crippen LogP contribution in [0.5, 0.6) is 0 Å². The number of carbonyl (C=O) groups is 2. The van der Waals surface area contributed by atoms with E-state index in [1.165, 1.54) is 14.2 Å². The number of hydrogen-bond acceptors (Lipinski definition) is 4. The number of esters is 1. The molecule has 1 aromatic carbocycles. The van der Waals surface area contributed by atoms with Gasteiger partial charge in [-0.15, -0.1) is 0 Å². The summed E-state index contributed by atoms with van der Waals surface area (Å²) in [5.74, 6) is -0.678. The maximum absolute atomic E-state index is 11.7. The molecule has 0 saturated heterocycles. The third-order valence-electron chi connectivity index (χ3n) is 2.64. The van der Waals surface area contributed by atoms with Gasteiger partial charge in [-0.2, -0.15) is 0 Å². The molecule has 5 heteroatoms. The molecule has 0 bridgehead atoms. The molecule has 0 unspecified atom stereocenters. The minimum Gasteiger partial charge on any atom is -0.467 e. The Morgan fingerprint density at radius 3 is 2.47 bits per heavy atom. The summed E-state index contributed by atoms with van der Waals surface area (Å²) in [6.07, 6.45) is 0.630. The van der Waals surface area contributed by atoms with Crippen LogP contribution in [0.25, 0.3) is 0 Å². The topological polar surface area (TPSA) is 64.6 Å². The predicted molar refractivity (Wildman–Crippen MR) is 70.6 cm³/mol. The third kappa shape index (κ3) is 5.52. The first-order valence-electron chi connectivity index (χ1n) is 6.07. The van der Waals surface area contributed by atoms with E-state index in [1.807, 2.05) is 30.3 Å². The van der Waals surface area contributed by atoms with E-state index in [0.717, 1.165) is 5.56 Å². The van der Waals surface area contributed by atoms with E-state index in [-0.39, 0.29) is 12.3 Å². The number of methoxy groups -OCH3 is 2. The highest BCUT2D eigenvalue weighted by Gasteiger charge is 2.21. The SMILES string of the molecule is COCCC(=O)N[C@@H](Cc1ccccc1)C(=O)OC. The van der Waals surface area contributed by atoms with E-state index in [9.17, 15) is 9.59 Å². The molecule has 1 atom stereocenters. The van der Waals surface area contributed by atoms with Crippen molar-refractivity contribution in [2.45, 2.75) is 18.9 Å². The number of benzene rings is 1. The molecule has 0 aromatic heterocycles. The second-order valence-electron chi connectivity index (χ2n) is 4.08. The first-order valence-corrected chi connectivity index (χ1v) is 6.07. The van der Waals surface area contributed by atoms with Crippen LogP contribution < -0.4 is 5.32 Å². The molecule has 0 aliphatic heterocycles. The Balaban J connectivity index is 2.62. The molecule has 5 nitrogen and oxygen atoms in total. The highest BCUT2D eigenvalue weighted by Crippen LogP contribution is 2.04. The molecule has 0 radical (unpaired) electrons. The molecule has 1 N–H and O–H groups in total. The van der Waals surface area contributed by atoms with Crippen molar-refractivity contribution in [2.75, 3.05) is 20.8 Å². The first-order chi connectivity index (χ1) is 9.17. The standard InChI is InChI=1S/C14H19NO4/c1-18-9-8-13(16)15-12(14(17)19-2)10-11-6-4-3-5-7-11/h3-7,12H,8-10H2,1-2H3,(H,15,16)/t12-/m0/s1. The molecule has 1 amide bonds. The largest absolute Gasteiger partial charge is 0.467 e. The number of rotatable bonds is 7. The van der Waals surface area contributed by atoms with Crippen molar-refractivity contribution in [2.24, 2.45) is 0 Å². The molecular formula is C14H19NO4. The van der Waals surface area contributed by atoms with Gasteiger partial charge in [0.2, 0.25) is 5.91 Å². The summed E-state index contributed by atoms with van der Waals surface area (Å²) < 4.78 is 9.53. The van der Waals surface area contributed by atoms with Crippen molar-refractivity contribution in [3.8, 4) is 0 Å². The average molecular weight is 265 g/mol. The van der Waals surface area contributed by atoms with Gasteiger partial charge in [0.05, 0.1) is 13.7 Å². The Kier molecular flexibility index (Phi) is 6.60. The van der Waals surface area contributed by atoms with Gasteiger partial charge in [0, 0.05) is 20.0 Å². The lowest BCUT2D eigenvalue weighted by atomic mass is 10.1. The fourth-order valence-corrected chi connectivity index (χ4v) is 1.65. The summed E-state index contributed by atoms with van der Waals surface area (Å²) in [5.41, 5.74) is 0.963. The fourth-order valence-electron chi connectivity index (χ4n) is 1.65. The van der Waals surface area contributed by atoms with Crippen molar-refractivity contribution >= 4 is 11.9 Å². The van der Waals surface area contributed by atoms with Crippen LogP contribution in [0.1, 0.15) is 12.0 Å². The molecule has 0 spiro atoms. The number of nitrogens with one attached hydrogen (secondary N) is 1. The summed E-state index contributed by atoms with van der Waals surface area (Å²) in [5, 5.41) is 2.66. The smallest absolute Gasteiger partial charge is 0.328 e. The van der Waals surface area contributed by atoms with Gasteiger partial charge in [0.25, 0.3) is 0 Å². The molecule has 0 aliphatic carbocycles. The van der Waals surface area contributed by atoms with Crippen LogP contribution >= 0.6 is 0 Å². The second kappa shape index (κ2) is 8.26. The molecule has 0 fully saturated rings. The van der Waals surface area contributed by atoms with Crippen LogP contribution in [-0.4, -0.2) is 38.7 Å². The molecule has 1 aromatic rings. The van der Waals surface area contributed by atoms with Gasteiger partial charge in [-0.3, -0.25) is 4.79 Å². The van der Waals surface area contributed by atoms with E-state index in [1.54, 1.807) is 0 Å². The van der Waals surface area contributed by atoms with Crippen LogP contribution in [0.3, 0.4) is 0 Å². The van der Waals surface area contributed by atoms with E-state index < -0.39 is 12.0 Å². The van der Waals surface area contributed by atoms with E-state index in [4.69, 9.17) is 9.47 Å². The maximum atomic E-state index is 11.7. The maximum Gasteiger partial charge on any atom is 0.328 e. The van der Waals surface area contributed by atoms with Gasteiger partial charge in [0.1, 0.15) is 6.04 Å². The van der Waals surface area contributed by atoms with Crippen LogP contribution in [-0.2, 0) is 25.5 Å². The Bertz CT molecular complexity index is 405. The van der Waals surface area contributed by atoms with E-state index in [2.05, 4.69) is 5.32 Å². The quantitative estimate of drug-likeness (QED) is 0.745. The fraction of sp³-hybridized carbons (Fsp3) is 0.429. The number of amides is 1. The van der Waals surface area contributed by atoms with Crippen LogP contribution in [0.2, 0.25) is 0 Å². The molecule has 0 aliphatic rings. The molecule has 0 saturated carbocycles. The zero-order valence-corrected chi connectivity index (χ0v) is 11.2. The zero-order chi connectivity index (χ0) is 14.1. The molecule has 104 valence electrons. The van der Waals surface area contributed by atoms with E-state index in [0.29, 0.717) is 13.0 Å². The Hall–Kier alpha value is -1.88. The predicted octanol–water partition coefficient (Wildman–Crippen LogP) is 0.923. The highest BCUT2D eigenvalue weighted by molar-refractivity contribution is 5.84. The van der Waals surface area contributed by atoms with Gasteiger partial charge in [0.15, 0.2) is 0 Å². The lowest BCUT2D eigenvalue weighted by Crippen LogP contribution is -2.43. The highest BCUT2D eigenvalue weighted by atomic mass is 16.5. The molecule has 19 heavy (non-hydrogen) atoms. The Morgan fingerprint density at radius 1 is 1.21 bits per heavy atom. The summed E-state index contributed by atoms with van der Waals surface area (Å²) in [6.45, 7) is 0.324. The molecular weight excluding hydrogens is 246 g/mol. The lowest BCUT2D eigenvalue weighted by molar-refractivity contribution is -0.145. The number of carbonyl (C=O) groups excluding carboxylic acids is 2. The summed E-state index contributed by atoms with van der Waals surface area (Å²) >= 11 is 0. The van der Waals surface area contributed by atoms with Crippen molar-refractivity contribution in [1.82, 2.24) is 5.32 Å². The number of ether oxygens (including phenoxy) is 2. The summed E-state index contributed by atoms with van der Waals surface area (Å²) in [4.78, 5) is 23.3. The minimum absolute atomic E-state index is 0.221. The Labute approximate surface area is 112 Å². The third-order valence-corrected chi connectivity index (χ3v) is 2.64. The van der Waals surface area contributed by atoms with Crippen LogP contribution in [0, 0.1) is 0 Å². The van der Waals surface area contributed by atoms with Crippen molar-refractivity contribution in [3.05, 3.63) is 35.9 Å². The Morgan fingerprint density at radius 2 is 1.89 bits per heavy atom. The van der Waals surface area contributed by atoms with Crippen LogP contribution in [0.15, 0.2) is 30.3 Å². The monoisotopic (exact) mass is 265 g/mol. The second-order valence-corrected chi connectivity index (χ2v) is 4.08. The van der Waals surface area contributed by atoms with Crippen molar-refractivity contribution in [1.29, 1.82) is 0 Å². The number of hydrogen-bond donors (Lipinski definition) is 1. The average Bonchev–Trinajstić information content (AvgIpc) is 2.44. The van der Waals surface area contributed by atoms with Gasteiger partial charge >= 0.3 is 5.97 Å². The zero-order valence-electron chi connectivity index (χ0n) is 11.2. The summed E-state index contributed by atoms with van der Waals surface area (Å²) in [6, 6.07) is 8.80. The van der Waals surface area contributed by atoms with Gasteiger partial charge in [-0.25, -0.2) is 4.79 Å². The first kappa shape index (κ1) is 15.2. The molecule has 0 heterocycles. The molecule has 1 rings (SSSR count). The van der Waals surface area contributed by atoms with Gasteiger partial charge < -0.3 is 14.8 Å². The van der Waals surface area contributed by atoms with Crippen molar-refractivity contribution in [3.63, 3.8) is 0 Å². The summed E-state index contributed by atoms with van der Waals surface area (Å²) in [7, 11) is 2.83. The van der Waals surface area contributed by atoms with Crippen LogP contribution in [0.4, 0.5) is 0 Å². The van der Waals surface area contributed by atoms with E-state index >= 15 is 0 Å². The van der Waals surface area contributed by atoms with Gasteiger partial charge in [-0.05, 0) is 5.56 Å².